The highest BCUT2D eigenvalue weighted by molar-refractivity contribution is 7.90. The van der Waals surface area contributed by atoms with Crippen molar-refractivity contribution in [1.29, 1.82) is 0 Å². The third-order valence-electron chi connectivity index (χ3n) is 4.63. The van der Waals surface area contributed by atoms with Gasteiger partial charge in [-0.1, -0.05) is 0 Å². The first kappa shape index (κ1) is 24.4. The summed E-state index contributed by atoms with van der Waals surface area (Å²) in [5.41, 5.74) is -0.109. The van der Waals surface area contributed by atoms with Gasteiger partial charge in [0.1, 0.15) is 11.3 Å². The van der Waals surface area contributed by atoms with Gasteiger partial charge in [0.15, 0.2) is 11.6 Å². The first-order chi connectivity index (χ1) is 15.6. The molecule has 176 valence electrons. The number of amides is 1. The summed E-state index contributed by atoms with van der Waals surface area (Å²) in [5.74, 6) is -1.38. The lowest BCUT2D eigenvalue weighted by molar-refractivity contribution is 0.172. The molecule has 1 amide bonds. The van der Waals surface area contributed by atoms with Crippen molar-refractivity contribution in [3.8, 4) is 5.75 Å². The SMILES string of the molecule is CNS(=O)(=O)Nc1nccc(Cc2c(CCl)c3ccc(OC(=O)N(C)C)cc3oc2=O)c1F. The number of alkyl halides is 1. The van der Waals surface area contributed by atoms with E-state index in [1.165, 1.54) is 43.4 Å². The second-order valence-electron chi connectivity index (χ2n) is 7.02. The molecule has 0 saturated heterocycles. The average Bonchev–Trinajstić information content (AvgIpc) is 2.76. The Kier molecular flexibility index (Phi) is 7.20. The molecule has 2 heterocycles. The quantitative estimate of drug-likeness (QED) is 0.378. The molecule has 0 atom stereocenters. The van der Waals surface area contributed by atoms with Gasteiger partial charge in [-0.15, -0.1) is 11.6 Å². The minimum Gasteiger partial charge on any atom is -0.422 e. The van der Waals surface area contributed by atoms with E-state index in [-0.39, 0.29) is 34.8 Å². The Morgan fingerprint density at radius 1 is 1.27 bits per heavy atom. The third kappa shape index (κ3) is 5.41. The molecule has 0 aliphatic heterocycles. The number of carbonyl (C=O) groups is 1. The van der Waals surface area contributed by atoms with Gasteiger partial charge in [0.2, 0.25) is 0 Å². The predicted octanol–water partition coefficient (Wildman–Crippen LogP) is 2.59. The molecule has 0 saturated carbocycles. The number of fused-ring (bicyclic) bond motifs is 1. The van der Waals surface area contributed by atoms with E-state index in [4.69, 9.17) is 20.8 Å². The van der Waals surface area contributed by atoms with E-state index >= 15 is 0 Å². The van der Waals surface area contributed by atoms with Gasteiger partial charge in [-0.25, -0.2) is 23.7 Å². The van der Waals surface area contributed by atoms with E-state index in [1.54, 1.807) is 6.07 Å². The van der Waals surface area contributed by atoms with Gasteiger partial charge in [0.05, 0.1) is 0 Å². The predicted molar refractivity (Wildman–Crippen MR) is 120 cm³/mol. The van der Waals surface area contributed by atoms with Crippen LogP contribution in [-0.4, -0.2) is 45.5 Å². The van der Waals surface area contributed by atoms with Crippen LogP contribution in [0.3, 0.4) is 0 Å². The second kappa shape index (κ2) is 9.73. The lowest BCUT2D eigenvalue weighted by atomic mass is 9.99. The van der Waals surface area contributed by atoms with Crippen LogP contribution in [0, 0.1) is 5.82 Å². The van der Waals surface area contributed by atoms with Crippen molar-refractivity contribution in [2.24, 2.45) is 0 Å². The number of aromatic nitrogens is 1. The maximum absolute atomic E-state index is 14.9. The molecule has 10 nitrogen and oxygen atoms in total. The monoisotopic (exact) mass is 498 g/mol. The van der Waals surface area contributed by atoms with Gasteiger partial charge in [-0.05, 0) is 29.3 Å². The summed E-state index contributed by atoms with van der Waals surface area (Å²) in [4.78, 5) is 29.4. The molecule has 0 unspecified atom stereocenters. The Labute approximate surface area is 193 Å². The number of hydrogen-bond donors (Lipinski definition) is 2. The number of nitrogens with one attached hydrogen (secondary N) is 2. The maximum atomic E-state index is 14.9. The van der Waals surface area contributed by atoms with Crippen molar-refractivity contribution in [3.05, 3.63) is 63.4 Å². The van der Waals surface area contributed by atoms with E-state index in [1.807, 2.05) is 9.44 Å². The molecule has 13 heteroatoms. The molecular weight excluding hydrogens is 479 g/mol. The fourth-order valence-electron chi connectivity index (χ4n) is 2.93. The molecule has 33 heavy (non-hydrogen) atoms. The molecule has 3 aromatic rings. The summed E-state index contributed by atoms with van der Waals surface area (Å²) in [6, 6.07) is 5.79. The molecule has 2 aromatic heterocycles. The summed E-state index contributed by atoms with van der Waals surface area (Å²) in [6.07, 6.45) is 0.379. The first-order valence-corrected chi connectivity index (χ1v) is 11.5. The van der Waals surface area contributed by atoms with E-state index in [2.05, 4.69) is 4.98 Å². The van der Waals surface area contributed by atoms with Crippen LogP contribution in [-0.2, 0) is 22.5 Å². The van der Waals surface area contributed by atoms with Gasteiger partial charge in [0.25, 0.3) is 10.2 Å². The van der Waals surface area contributed by atoms with Gasteiger partial charge in [-0.2, -0.15) is 8.42 Å². The van der Waals surface area contributed by atoms with Gasteiger partial charge >= 0.3 is 11.7 Å². The molecule has 0 aliphatic carbocycles. The Morgan fingerprint density at radius 2 is 2.00 bits per heavy atom. The Bertz CT molecular complexity index is 1380. The molecule has 3 rings (SSSR count). The highest BCUT2D eigenvalue weighted by Gasteiger charge is 2.20. The topological polar surface area (TPSA) is 131 Å². The maximum Gasteiger partial charge on any atom is 0.414 e. The summed E-state index contributed by atoms with van der Waals surface area (Å²) < 4.78 is 52.8. The molecule has 2 N–H and O–H groups in total. The number of ether oxygens (including phenoxy) is 1. The third-order valence-corrected chi connectivity index (χ3v) is 5.90. The van der Waals surface area contributed by atoms with Crippen molar-refractivity contribution < 1.29 is 26.8 Å². The van der Waals surface area contributed by atoms with Crippen LogP contribution in [0.15, 0.2) is 39.7 Å². The van der Waals surface area contributed by atoms with E-state index in [9.17, 15) is 22.4 Å². The fourth-order valence-corrected chi connectivity index (χ4v) is 3.74. The lowest BCUT2D eigenvalue weighted by Gasteiger charge is -2.13. The molecule has 0 radical (unpaired) electrons. The van der Waals surface area contributed by atoms with Crippen molar-refractivity contribution in [1.82, 2.24) is 14.6 Å². The average molecular weight is 499 g/mol. The number of anilines is 1. The van der Waals surface area contributed by atoms with E-state index in [0.29, 0.717) is 10.9 Å². The smallest absolute Gasteiger partial charge is 0.414 e. The first-order valence-electron chi connectivity index (χ1n) is 9.44. The molecular formula is C20H20ClFN4O6S. The highest BCUT2D eigenvalue weighted by atomic mass is 35.5. The largest absolute Gasteiger partial charge is 0.422 e. The molecule has 0 fully saturated rings. The summed E-state index contributed by atoms with van der Waals surface area (Å²) in [6.45, 7) is 0. The zero-order valence-electron chi connectivity index (χ0n) is 17.8. The zero-order valence-corrected chi connectivity index (χ0v) is 19.4. The number of hydrogen-bond acceptors (Lipinski definition) is 7. The van der Waals surface area contributed by atoms with Gasteiger partial charge in [0, 0.05) is 56.7 Å². The van der Waals surface area contributed by atoms with Crippen LogP contribution in [0.2, 0.25) is 0 Å². The zero-order chi connectivity index (χ0) is 24.3. The summed E-state index contributed by atoms with van der Waals surface area (Å²) >= 11 is 6.11. The van der Waals surface area contributed by atoms with E-state index < -0.39 is 33.6 Å². The van der Waals surface area contributed by atoms with Crippen molar-refractivity contribution >= 4 is 44.7 Å². The van der Waals surface area contributed by atoms with Gasteiger partial charge < -0.3 is 14.1 Å². The number of benzene rings is 1. The van der Waals surface area contributed by atoms with Crippen LogP contribution < -0.4 is 19.8 Å². The lowest BCUT2D eigenvalue weighted by Crippen LogP contribution is -2.27. The molecule has 1 aromatic carbocycles. The van der Waals surface area contributed by atoms with Crippen LogP contribution in [0.5, 0.6) is 5.75 Å². The van der Waals surface area contributed by atoms with Gasteiger partial charge in [-0.3, -0.25) is 4.72 Å². The Hall–Kier alpha value is -3.22. The standard InChI is InChI=1S/C20H20ClFN4O6S/c1-23-33(29,30)25-18-17(22)11(6-7-24-18)8-14-15(10-21)13-5-4-12(31-20(28)26(2)3)9-16(13)32-19(14)27/h4-7,9,23H,8,10H2,1-3H3,(H,24,25). The number of nitrogens with zero attached hydrogens (tertiary/aromatic N) is 2. The highest BCUT2D eigenvalue weighted by Crippen LogP contribution is 2.28. The van der Waals surface area contributed by atoms with Crippen LogP contribution >= 0.6 is 11.6 Å². The second-order valence-corrected chi connectivity index (χ2v) is 8.91. The molecule has 0 bridgehead atoms. The number of pyridine rings is 1. The fraction of sp³-hybridized carbons (Fsp3) is 0.250. The van der Waals surface area contributed by atoms with Crippen LogP contribution in [0.1, 0.15) is 16.7 Å². The van der Waals surface area contributed by atoms with Crippen LogP contribution in [0.25, 0.3) is 11.0 Å². The minimum atomic E-state index is -4.00. The summed E-state index contributed by atoms with van der Waals surface area (Å²) in [7, 11) is 0.206. The Morgan fingerprint density at radius 3 is 2.64 bits per heavy atom. The number of rotatable bonds is 7. The van der Waals surface area contributed by atoms with Crippen molar-refractivity contribution in [3.63, 3.8) is 0 Å². The minimum absolute atomic E-state index is 0.00773. The molecule has 0 aliphatic rings. The number of halogens is 2. The summed E-state index contributed by atoms with van der Waals surface area (Å²) in [5, 5.41) is 0.481. The normalized spacial score (nSPS) is 11.4. The van der Waals surface area contributed by atoms with Crippen molar-refractivity contribution in [2.75, 3.05) is 25.9 Å². The van der Waals surface area contributed by atoms with Crippen molar-refractivity contribution in [2.45, 2.75) is 12.3 Å². The van der Waals surface area contributed by atoms with Crippen LogP contribution in [0.4, 0.5) is 15.0 Å². The number of carbonyl (C=O) groups excluding carboxylic acids is 1. The van der Waals surface area contributed by atoms with E-state index in [0.717, 1.165) is 7.05 Å². The molecule has 0 spiro atoms. The Balaban J connectivity index is 2.03.